The molecule has 2 rings (SSSR count). The lowest BCUT2D eigenvalue weighted by atomic mass is 10.1. The van der Waals surface area contributed by atoms with Crippen molar-refractivity contribution in [3.63, 3.8) is 0 Å². The van der Waals surface area contributed by atoms with Gasteiger partial charge in [0.15, 0.2) is 0 Å². The van der Waals surface area contributed by atoms with E-state index in [-0.39, 0.29) is 19.0 Å². The molecule has 0 aromatic heterocycles. The Morgan fingerprint density at radius 2 is 1.70 bits per heavy atom. The van der Waals surface area contributed by atoms with Gasteiger partial charge in [-0.3, -0.25) is 4.79 Å². The molecule has 0 aliphatic heterocycles. The van der Waals surface area contributed by atoms with Crippen molar-refractivity contribution in [2.24, 2.45) is 5.73 Å². The molecule has 0 saturated carbocycles. The third-order valence-corrected chi connectivity index (χ3v) is 2.90. The molecule has 0 spiro atoms. The van der Waals surface area contributed by atoms with E-state index < -0.39 is 11.6 Å². The van der Waals surface area contributed by atoms with Gasteiger partial charge in [-0.1, -0.05) is 18.2 Å². The van der Waals surface area contributed by atoms with Crippen LogP contribution in [0.15, 0.2) is 48.5 Å². The van der Waals surface area contributed by atoms with Crippen LogP contribution in [-0.4, -0.2) is 12.5 Å². The normalized spacial score (nSPS) is 10.3. The van der Waals surface area contributed by atoms with Gasteiger partial charge in [-0.2, -0.15) is 0 Å². The maximum atomic E-state index is 13.7. The second-order valence-electron chi connectivity index (χ2n) is 4.25. The summed E-state index contributed by atoms with van der Waals surface area (Å²) in [5.74, 6) is -1.16. The molecule has 0 atom stereocenters. The number of anilines is 1. The maximum absolute atomic E-state index is 13.7. The maximum Gasteiger partial charge on any atom is 0.241 e. The third kappa shape index (κ3) is 3.19. The van der Waals surface area contributed by atoms with Crippen molar-refractivity contribution in [2.45, 2.75) is 6.54 Å². The molecule has 104 valence electrons. The van der Waals surface area contributed by atoms with E-state index in [2.05, 4.69) is 0 Å². The average molecular weight is 276 g/mol. The van der Waals surface area contributed by atoms with Gasteiger partial charge in [0.05, 0.1) is 13.1 Å². The van der Waals surface area contributed by atoms with Gasteiger partial charge in [-0.15, -0.1) is 0 Å². The number of benzene rings is 2. The topological polar surface area (TPSA) is 46.3 Å². The largest absolute Gasteiger partial charge is 0.322 e. The van der Waals surface area contributed by atoms with Crippen molar-refractivity contribution < 1.29 is 13.6 Å². The number of nitrogens with two attached hydrogens (primary N) is 1. The lowest BCUT2D eigenvalue weighted by Crippen LogP contribution is -2.35. The predicted molar refractivity (Wildman–Crippen MR) is 73.0 cm³/mol. The minimum atomic E-state index is -0.403. The second-order valence-corrected chi connectivity index (χ2v) is 4.25. The molecule has 1 amide bonds. The third-order valence-electron chi connectivity index (χ3n) is 2.90. The highest BCUT2D eigenvalue weighted by Gasteiger charge is 2.16. The lowest BCUT2D eigenvalue weighted by molar-refractivity contribution is -0.117. The predicted octanol–water partition coefficient (Wildman–Crippen LogP) is 2.46. The Labute approximate surface area is 115 Å². The molecule has 0 bridgehead atoms. The summed E-state index contributed by atoms with van der Waals surface area (Å²) >= 11 is 0. The average Bonchev–Trinajstić information content (AvgIpc) is 2.47. The van der Waals surface area contributed by atoms with Crippen LogP contribution < -0.4 is 10.6 Å². The van der Waals surface area contributed by atoms with Gasteiger partial charge in [0.2, 0.25) is 5.91 Å². The lowest BCUT2D eigenvalue weighted by Gasteiger charge is -2.22. The minimum absolute atomic E-state index is 0.0499. The summed E-state index contributed by atoms with van der Waals surface area (Å²) in [5.41, 5.74) is 6.22. The van der Waals surface area contributed by atoms with E-state index in [4.69, 9.17) is 5.73 Å². The number of hydrogen-bond donors (Lipinski definition) is 1. The first-order valence-corrected chi connectivity index (χ1v) is 6.11. The van der Waals surface area contributed by atoms with E-state index in [9.17, 15) is 13.6 Å². The molecule has 0 fully saturated rings. The van der Waals surface area contributed by atoms with Crippen molar-refractivity contribution in [2.75, 3.05) is 11.4 Å². The quantitative estimate of drug-likeness (QED) is 0.932. The first-order chi connectivity index (χ1) is 9.61. The van der Waals surface area contributed by atoms with Crippen molar-refractivity contribution in [3.05, 3.63) is 65.7 Å². The van der Waals surface area contributed by atoms with Crippen LogP contribution in [0, 0.1) is 11.6 Å². The minimum Gasteiger partial charge on any atom is -0.322 e. The molecule has 0 aliphatic rings. The van der Waals surface area contributed by atoms with E-state index in [0.29, 0.717) is 11.3 Å². The summed E-state index contributed by atoms with van der Waals surface area (Å²) in [6.45, 7) is -0.153. The molecule has 2 N–H and O–H groups in total. The number of amides is 1. The fraction of sp³-hybridized carbons (Fsp3) is 0.133. The zero-order valence-electron chi connectivity index (χ0n) is 10.7. The Balaban J connectivity index is 2.31. The Morgan fingerprint density at radius 1 is 1.05 bits per heavy atom. The summed E-state index contributed by atoms with van der Waals surface area (Å²) < 4.78 is 26.6. The van der Waals surface area contributed by atoms with Crippen LogP contribution in [0.5, 0.6) is 0 Å². The summed E-state index contributed by atoms with van der Waals surface area (Å²) in [5, 5.41) is 0. The monoisotopic (exact) mass is 276 g/mol. The number of hydrogen-bond acceptors (Lipinski definition) is 2. The molecule has 5 heteroatoms. The molecule has 0 saturated heterocycles. The second kappa shape index (κ2) is 6.25. The Hall–Kier alpha value is -2.27. The van der Waals surface area contributed by atoms with Crippen LogP contribution in [-0.2, 0) is 11.3 Å². The zero-order valence-corrected chi connectivity index (χ0v) is 10.7. The fourth-order valence-corrected chi connectivity index (χ4v) is 1.85. The molecule has 20 heavy (non-hydrogen) atoms. The van der Waals surface area contributed by atoms with Gasteiger partial charge < -0.3 is 10.6 Å². The number of rotatable bonds is 4. The Kier molecular flexibility index (Phi) is 4.42. The summed E-state index contributed by atoms with van der Waals surface area (Å²) in [7, 11) is 0. The molecule has 3 nitrogen and oxygen atoms in total. The van der Waals surface area contributed by atoms with Crippen LogP contribution in [0.2, 0.25) is 0 Å². The Bertz CT molecular complexity index is 599. The highest BCUT2D eigenvalue weighted by Crippen LogP contribution is 2.19. The van der Waals surface area contributed by atoms with Gasteiger partial charge in [0, 0.05) is 11.3 Å². The first-order valence-electron chi connectivity index (χ1n) is 6.11. The molecule has 0 aliphatic carbocycles. The SMILES string of the molecule is NCC(=O)N(Cc1ccccc1F)c1ccc(F)cc1. The smallest absolute Gasteiger partial charge is 0.241 e. The van der Waals surface area contributed by atoms with Crippen molar-refractivity contribution in [3.8, 4) is 0 Å². The highest BCUT2D eigenvalue weighted by molar-refractivity contribution is 5.94. The fourth-order valence-electron chi connectivity index (χ4n) is 1.85. The van der Waals surface area contributed by atoms with E-state index >= 15 is 0 Å². The van der Waals surface area contributed by atoms with Crippen molar-refractivity contribution in [1.82, 2.24) is 0 Å². The van der Waals surface area contributed by atoms with Crippen LogP contribution in [0.3, 0.4) is 0 Å². The van der Waals surface area contributed by atoms with E-state index in [0.717, 1.165) is 0 Å². The molecule has 0 unspecified atom stereocenters. The van der Waals surface area contributed by atoms with E-state index in [1.807, 2.05) is 0 Å². The first kappa shape index (κ1) is 14.1. The van der Waals surface area contributed by atoms with E-state index in [1.54, 1.807) is 18.2 Å². The number of nitrogens with zero attached hydrogens (tertiary/aromatic N) is 1. The van der Waals surface area contributed by atoms with Gasteiger partial charge >= 0.3 is 0 Å². The zero-order chi connectivity index (χ0) is 14.5. The molecule has 2 aromatic rings. The van der Waals surface area contributed by atoms with Crippen LogP contribution in [0.4, 0.5) is 14.5 Å². The van der Waals surface area contributed by atoms with Crippen LogP contribution in [0.25, 0.3) is 0 Å². The van der Waals surface area contributed by atoms with Gasteiger partial charge in [0.25, 0.3) is 0 Å². The molecular weight excluding hydrogens is 262 g/mol. The summed E-state index contributed by atoms with van der Waals surface area (Å²) in [4.78, 5) is 13.2. The van der Waals surface area contributed by atoms with Gasteiger partial charge in [-0.25, -0.2) is 8.78 Å². The van der Waals surface area contributed by atoms with Crippen LogP contribution >= 0.6 is 0 Å². The standard InChI is InChI=1S/C15H14F2N2O/c16-12-5-7-13(8-6-12)19(15(20)9-18)10-11-3-1-2-4-14(11)17/h1-8H,9-10,18H2. The molecular formula is C15H14F2N2O. The van der Waals surface area contributed by atoms with E-state index in [1.165, 1.54) is 35.2 Å². The Morgan fingerprint density at radius 3 is 2.30 bits per heavy atom. The molecule has 2 aromatic carbocycles. The number of halogens is 2. The van der Waals surface area contributed by atoms with Crippen molar-refractivity contribution in [1.29, 1.82) is 0 Å². The highest BCUT2D eigenvalue weighted by atomic mass is 19.1. The number of carbonyl (C=O) groups excluding carboxylic acids is 1. The summed E-state index contributed by atoms with van der Waals surface area (Å²) in [6, 6.07) is 11.6. The van der Waals surface area contributed by atoms with Crippen molar-refractivity contribution >= 4 is 11.6 Å². The number of carbonyl (C=O) groups is 1. The summed E-state index contributed by atoms with van der Waals surface area (Å²) in [6.07, 6.45) is 0. The molecule has 0 radical (unpaired) electrons. The van der Waals surface area contributed by atoms with Gasteiger partial charge in [0.1, 0.15) is 11.6 Å². The molecule has 0 heterocycles. The van der Waals surface area contributed by atoms with Gasteiger partial charge in [-0.05, 0) is 30.3 Å². The van der Waals surface area contributed by atoms with Crippen LogP contribution in [0.1, 0.15) is 5.56 Å².